The van der Waals surface area contributed by atoms with Crippen LogP contribution in [0.15, 0.2) is 89.8 Å². The highest BCUT2D eigenvalue weighted by Gasteiger charge is 2.28. The normalized spacial score (nSPS) is 11.6. The van der Waals surface area contributed by atoms with Crippen LogP contribution >= 0.6 is 0 Å². The van der Waals surface area contributed by atoms with E-state index in [2.05, 4.69) is 17.9 Å². The van der Waals surface area contributed by atoms with Gasteiger partial charge in [0.2, 0.25) is 0 Å². The maximum atomic E-state index is 13.4. The number of nitrogens with zero attached hydrogens (tertiary/aromatic N) is 1. The van der Waals surface area contributed by atoms with Gasteiger partial charge in [-0.05, 0) is 42.7 Å². The molecule has 144 valence electrons. The van der Waals surface area contributed by atoms with Crippen molar-refractivity contribution in [3.05, 3.63) is 102 Å². The molecule has 3 aromatic carbocycles. The van der Waals surface area contributed by atoms with Gasteiger partial charge in [-0.3, -0.25) is 0 Å². The minimum atomic E-state index is -3.90. The highest BCUT2D eigenvalue weighted by atomic mass is 32.2. The minimum absolute atomic E-state index is 0.166. The van der Waals surface area contributed by atoms with E-state index in [1.54, 1.807) is 24.3 Å². The van der Waals surface area contributed by atoms with E-state index in [9.17, 15) is 8.42 Å². The van der Waals surface area contributed by atoms with Gasteiger partial charge in [0.05, 0.1) is 4.90 Å². The van der Waals surface area contributed by atoms with E-state index in [0.29, 0.717) is 12.0 Å². The Morgan fingerprint density at radius 1 is 0.897 bits per heavy atom. The molecule has 0 aromatic heterocycles. The third-order valence-corrected chi connectivity index (χ3v) is 6.14. The number of sulfonamides is 1. The van der Waals surface area contributed by atoms with Gasteiger partial charge in [0.1, 0.15) is 6.04 Å². The van der Waals surface area contributed by atoms with Crippen LogP contribution in [-0.4, -0.2) is 18.8 Å². The molecule has 0 N–H and O–H groups in total. The number of hydrogen-bond acceptors (Lipinski definition) is 2. The molecule has 3 aromatic rings. The Kier molecular flexibility index (Phi) is 6.39. The van der Waals surface area contributed by atoms with Crippen molar-refractivity contribution in [1.29, 1.82) is 0 Å². The van der Waals surface area contributed by atoms with Gasteiger partial charge < -0.3 is 0 Å². The maximum Gasteiger partial charge on any atom is 0.272 e. The number of hydrogen-bond donors (Lipinski definition) is 0. The summed E-state index contributed by atoms with van der Waals surface area (Å²) >= 11 is 0. The monoisotopic (exact) mass is 399 g/mol. The van der Waals surface area contributed by atoms with Crippen LogP contribution in [0.3, 0.4) is 0 Å². The molecule has 0 aliphatic heterocycles. The lowest BCUT2D eigenvalue weighted by Gasteiger charge is -2.24. The Hall–Kier alpha value is -3.47. The lowest BCUT2D eigenvalue weighted by molar-refractivity contribution is 0.470. The lowest BCUT2D eigenvalue weighted by atomic mass is 10.1. The quantitative estimate of drug-likeness (QED) is 0.475. The highest BCUT2D eigenvalue weighted by molar-refractivity contribution is 7.89. The van der Waals surface area contributed by atoms with Gasteiger partial charge in [-0.25, -0.2) is 12.7 Å². The van der Waals surface area contributed by atoms with Crippen LogP contribution in [0.1, 0.15) is 16.7 Å². The predicted molar refractivity (Wildman–Crippen MR) is 116 cm³/mol. The first kappa shape index (κ1) is 20.3. The zero-order valence-corrected chi connectivity index (χ0v) is 16.9. The van der Waals surface area contributed by atoms with Crippen LogP contribution in [0.2, 0.25) is 0 Å². The van der Waals surface area contributed by atoms with Crippen molar-refractivity contribution >= 4 is 10.0 Å². The van der Waals surface area contributed by atoms with E-state index in [1.165, 1.54) is 0 Å². The maximum absolute atomic E-state index is 13.4. The van der Waals surface area contributed by atoms with Crippen LogP contribution in [0.5, 0.6) is 0 Å². The van der Waals surface area contributed by atoms with Crippen molar-refractivity contribution in [2.45, 2.75) is 24.3 Å². The smallest absolute Gasteiger partial charge is 0.209 e. The van der Waals surface area contributed by atoms with Gasteiger partial charge in [0.25, 0.3) is 10.0 Å². The number of aryl methyl sites for hydroxylation is 1. The predicted octanol–water partition coefficient (Wildman–Crippen LogP) is 4.24. The summed E-state index contributed by atoms with van der Waals surface area (Å²) in [5, 5.41) is 0. The van der Waals surface area contributed by atoms with Crippen LogP contribution in [0, 0.1) is 31.2 Å². The zero-order chi connectivity index (χ0) is 20.7. The molecule has 0 amide bonds. The lowest BCUT2D eigenvalue weighted by Crippen LogP contribution is -2.37. The number of terminal acetylenes is 1. The molecule has 4 heteroatoms. The van der Waals surface area contributed by atoms with E-state index in [4.69, 9.17) is 6.42 Å². The average molecular weight is 400 g/mol. The summed E-state index contributed by atoms with van der Waals surface area (Å²) in [5.74, 6) is 5.55. The van der Waals surface area contributed by atoms with E-state index in [1.807, 2.05) is 67.6 Å². The highest BCUT2D eigenvalue weighted by Crippen LogP contribution is 2.20. The first-order valence-electron chi connectivity index (χ1n) is 9.18. The fraction of sp³-hybridized carbons (Fsp3) is 0.120. The van der Waals surface area contributed by atoms with Crippen molar-refractivity contribution in [2.24, 2.45) is 0 Å². The number of benzene rings is 3. The van der Waals surface area contributed by atoms with E-state index < -0.39 is 16.1 Å². The van der Waals surface area contributed by atoms with Crippen LogP contribution in [-0.2, 0) is 16.4 Å². The molecule has 0 bridgehead atoms. The van der Waals surface area contributed by atoms with Crippen LogP contribution in [0.4, 0.5) is 0 Å². The van der Waals surface area contributed by atoms with Crippen LogP contribution in [0.25, 0.3) is 0 Å². The fourth-order valence-electron chi connectivity index (χ4n) is 2.82. The zero-order valence-electron chi connectivity index (χ0n) is 16.1. The third kappa shape index (κ3) is 5.08. The molecule has 0 spiro atoms. The summed E-state index contributed by atoms with van der Waals surface area (Å²) in [4.78, 5) is 0.166. The second kappa shape index (κ2) is 9.15. The molecule has 3 rings (SSSR count). The van der Waals surface area contributed by atoms with Gasteiger partial charge in [-0.15, -0.1) is 6.42 Å². The Bertz CT molecular complexity index is 1150. The van der Waals surface area contributed by atoms with E-state index in [0.717, 1.165) is 15.4 Å². The Labute approximate surface area is 173 Å². The molecular weight excluding hydrogens is 378 g/mol. The molecule has 0 aliphatic carbocycles. The van der Waals surface area contributed by atoms with Crippen molar-refractivity contribution in [2.75, 3.05) is 0 Å². The van der Waals surface area contributed by atoms with Crippen LogP contribution < -0.4 is 0 Å². The molecule has 1 atom stereocenters. The molecule has 0 fully saturated rings. The fourth-order valence-corrected chi connectivity index (χ4v) is 4.16. The van der Waals surface area contributed by atoms with Crippen molar-refractivity contribution in [3.63, 3.8) is 0 Å². The Balaban J connectivity index is 2.04. The van der Waals surface area contributed by atoms with Gasteiger partial charge in [0.15, 0.2) is 0 Å². The summed E-state index contributed by atoms with van der Waals surface area (Å²) in [6.07, 6.45) is 6.13. The van der Waals surface area contributed by atoms with Gasteiger partial charge in [-0.2, -0.15) is 0 Å². The molecular formula is C25H21NO2S. The molecule has 29 heavy (non-hydrogen) atoms. The largest absolute Gasteiger partial charge is 0.272 e. The third-order valence-electron chi connectivity index (χ3n) is 4.41. The molecule has 3 nitrogen and oxygen atoms in total. The molecule has 1 unspecified atom stereocenters. The Morgan fingerprint density at radius 2 is 1.48 bits per heavy atom. The second-order valence-corrected chi connectivity index (χ2v) is 8.40. The van der Waals surface area contributed by atoms with E-state index >= 15 is 0 Å². The summed E-state index contributed by atoms with van der Waals surface area (Å²) in [5.41, 5.74) is 2.64. The molecule has 0 heterocycles. The molecule has 0 radical (unpaired) electrons. The SMILES string of the molecule is C#CC(Cc1ccccc1)N(C#Cc1ccccc1)S(=O)(=O)c1ccc(C)cc1. The molecule has 0 aliphatic rings. The van der Waals surface area contributed by atoms with E-state index in [-0.39, 0.29) is 4.90 Å². The first-order chi connectivity index (χ1) is 14.0. The summed E-state index contributed by atoms with van der Waals surface area (Å²) in [7, 11) is -3.90. The number of rotatable bonds is 5. The molecule has 0 saturated heterocycles. The van der Waals surface area contributed by atoms with Gasteiger partial charge >= 0.3 is 0 Å². The summed E-state index contributed by atoms with van der Waals surface area (Å²) in [6.45, 7) is 1.91. The minimum Gasteiger partial charge on any atom is -0.209 e. The van der Waals surface area contributed by atoms with Gasteiger partial charge in [0, 0.05) is 18.0 Å². The first-order valence-corrected chi connectivity index (χ1v) is 10.6. The second-order valence-electron chi connectivity index (χ2n) is 6.59. The van der Waals surface area contributed by atoms with Crippen molar-refractivity contribution in [3.8, 4) is 24.3 Å². The van der Waals surface area contributed by atoms with Crippen molar-refractivity contribution < 1.29 is 8.42 Å². The Morgan fingerprint density at radius 3 is 2.07 bits per heavy atom. The average Bonchev–Trinajstić information content (AvgIpc) is 2.74. The van der Waals surface area contributed by atoms with Crippen molar-refractivity contribution in [1.82, 2.24) is 4.31 Å². The topological polar surface area (TPSA) is 37.4 Å². The summed E-state index contributed by atoms with van der Waals surface area (Å²) in [6, 6.07) is 27.6. The van der Waals surface area contributed by atoms with Gasteiger partial charge in [-0.1, -0.05) is 72.1 Å². The standard InChI is InChI=1S/C25H21NO2S/c1-3-24(20-23-12-8-5-9-13-23)26(19-18-22-10-6-4-7-11-22)29(27,28)25-16-14-21(2)15-17-25/h1,4-17,24H,20H2,2H3. The molecule has 0 saturated carbocycles. The summed E-state index contributed by atoms with van der Waals surface area (Å²) < 4.78 is 27.9.